The molecule has 0 aliphatic rings. The van der Waals surface area contributed by atoms with Gasteiger partial charge in [0.1, 0.15) is 0 Å². The van der Waals surface area contributed by atoms with Crippen molar-refractivity contribution < 1.29 is 4.79 Å². The Bertz CT molecular complexity index is 855. The molecule has 21 heavy (non-hydrogen) atoms. The minimum Gasteiger partial charge on any atom is -0.399 e. The molecule has 0 aliphatic carbocycles. The first-order chi connectivity index (χ1) is 10.2. The Morgan fingerprint density at radius 1 is 1.14 bits per heavy atom. The number of benzene rings is 2. The molecule has 0 atom stereocenters. The Labute approximate surface area is 122 Å². The lowest BCUT2D eigenvalue weighted by Gasteiger charge is -2.07. The Balaban J connectivity index is 2.01. The van der Waals surface area contributed by atoms with Gasteiger partial charge in [-0.3, -0.25) is 4.79 Å². The summed E-state index contributed by atoms with van der Waals surface area (Å²) in [6, 6.07) is 13.6. The van der Waals surface area contributed by atoms with Crippen molar-refractivity contribution in [3.05, 3.63) is 55.1 Å². The summed E-state index contributed by atoms with van der Waals surface area (Å²) >= 11 is 0. The number of carbonyl (C=O) groups excluding carboxylic acids is 1. The first-order valence-electron chi connectivity index (χ1n) is 6.65. The minimum atomic E-state index is -0.0469. The topological polar surface area (TPSA) is 68.0 Å². The molecule has 3 aromatic rings. The maximum atomic E-state index is 11.3. The standard InChI is InChI=1S/C17H15N3O/c1-2-15(21)10-19-14-6-4-12-7-11-3-5-13(18)8-16(11)20-17(12)9-14/h2-9,19H,1,10,18H2. The van der Waals surface area contributed by atoms with Crippen LogP contribution in [0.3, 0.4) is 0 Å². The molecular formula is C17H15N3O. The van der Waals surface area contributed by atoms with Gasteiger partial charge in [0.2, 0.25) is 0 Å². The smallest absolute Gasteiger partial charge is 0.174 e. The van der Waals surface area contributed by atoms with Crippen LogP contribution >= 0.6 is 0 Å². The van der Waals surface area contributed by atoms with Crippen LogP contribution < -0.4 is 11.1 Å². The average Bonchev–Trinajstić information content (AvgIpc) is 2.50. The third-order valence-corrected chi connectivity index (χ3v) is 3.33. The fourth-order valence-electron chi connectivity index (χ4n) is 2.21. The number of nitrogens with one attached hydrogen (secondary N) is 1. The van der Waals surface area contributed by atoms with Crippen LogP contribution in [0.5, 0.6) is 0 Å². The van der Waals surface area contributed by atoms with E-state index in [0.29, 0.717) is 5.69 Å². The number of nitrogen functional groups attached to an aromatic ring is 1. The number of anilines is 2. The second-order valence-corrected chi connectivity index (χ2v) is 4.87. The molecule has 0 aliphatic heterocycles. The Morgan fingerprint density at radius 3 is 2.62 bits per heavy atom. The molecule has 0 saturated carbocycles. The number of carbonyl (C=O) groups is 1. The molecule has 0 spiro atoms. The van der Waals surface area contributed by atoms with Crippen LogP contribution in [0.2, 0.25) is 0 Å². The Hall–Kier alpha value is -2.88. The molecule has 0 radical (unpaired) electrons. The monoisotopic (exact) mass is 277 g/mol. The van der Waals surface area contributed by atoms with E-state index in [1.54, 1.807) is 0 Å². The summed E-state index contributed by atoms with van der Waals surface area (Å²) in [5.74, 6) is -0.0469. The summed E-state index contributed by atoms with van der Waals surface area (Å²) in [5, 5.41) is 5.17. The lowest BCUT2D eigenvalue weighted by Crippen LogP contribution is -2.10. The van der Waals surface area contributed by atoms with Crippen LogP contribution in [0.25, 0.3) is 21.8 Å². The van der Waals surface area contributed by atoms with E-state index in [-0.39, 0.29) is 12.3 Å². The lowest BCUT2D eigenvalue weighted by atomic mass is 10.1. The van der Waals surface area contributed by atoms with E-state index < -0.39 is 0 Å². The van der Waals surface area contributed by atoms with E-state index in [4.69, 9.17) is 5.73 Å². The lowest BCUT2D eigenvalue weighted by molar-refractivity contribution is -0.113. The number of fused-ring (bicyclic) bond motifs is 2. The molecule has 0 fully saturated rings. The van der Waals surface area contributed by atoms with Crippen LogP contribution in [0.15, 0.2) is 55.1 Å². The molecule has 2 aromatic carbocycles. The highest BCUT2D eigenvalue weighted by atomic mass is 16.1. The summed E-state index contributed by atoms with van der Waals surface area (Å²) in [6.07, 6.45) is 1.31. The third-order valence-electron chi connectivity index (χ3n) is 3.33. The molecule has 1 aromatic heterocycles. The molecule has 0 saturated heterocycles. The van der Waals surface area contributed by atoms with E-state index in [0.717, 1.165) is 27.5 Å². The number of nitrogens with two attached hydrogens (primary N) is 1. The molecular weight excluding hydrogens is 262 g/mol. The molecule has 0 unspecified atom stereocenters. The first kappa shape index (κ1) is 13.1. The van der Waals surface area contributed by atoms with Crippen LogP contribution in [0, 0.1) is 0 Å². The highest BCUT2D eigenvalue weighted by Crippen LogP contribution is 2.23. The van der Waals surface area contributed by atoms with Crippen LogP contribution in [0.1, 0.15) is 0 Å². The normalized spacial score (nSPS) is 10.7. The summed E-state index contributed by atoms with van der Waals surface area (Å²) in [5.41, 5.74) is 9.07. The maximum Gasteiger partial charge on any atom is 0.174 e. The zero-order chi connectivity index (χ0) is 14.8. The van der Waals surface area contributed by atoms with Gasteiger partial charge in [0.05, 0.1) is 17.6 Å². The highest BCUT2D eigenvalue weighted by Gasteiger charge is 2.03. The van der Waals surface area contributed by atoms with Crippen molar-refractivity contribution >= 4 is 39.0 Å². The van der Waals surface area contributed by atoms with Crippen molar-refractivity contribution in [1.29, 1.82) is 0 Å². The van der Waals surface area contributed by atoms with Gasteiger partial charge in [-0.2, -0.15) is 0 Å². The predicted octanol–water partition coefficient (Wildman–Crippen LogP) is 3.14. The second-order valence-electron chi connectivity index (χ2n) is 4.87. The molecule has 3 rings (SSSR count). The van der Waals surface area contributed by atoms with Crippen molar-refractivity contribution in [3.8, 4) is 0 Å². The summed E-state index contributed by atoms with van der Waals surface area (Å²) in [4.78, 5) is 15.9. The molecule has 104 valence electrons. The number of ketones is 1. The van der Waals surface area contributed by atoms with Crippen molar-refractivity contribution in [1.82, 2.24) is 4.98 Å². The zero-order valence-corrected chi connectivity index (χ0v) is 11.5. The van der Waals surface area contributed by atoms with Gasteiger partial charge in [0.25, 0.3) is 0 Å². The van der Waals surface area contributed by atoms with Crippen LogP contribution in [-0.4, -0.2) is 17.3 Å². The number of nitrogens with zero attached hydrogens (tertiary/aromatic N) is 1. The number of pyridine rings is 1. The van der Waals surface area contributed by atoms with Gasteiger partial charge in [-0.15, -0.1) is 0 Å². The largest absolute Gasteiger partial charge is 0.399 e. The SMILES string of the molecule is C=CC(=O)CNc1ccc2cc3ccc(N)cc3nc2c1. The van der Waals surface area contributed by atoms with Crippen molar-refractivity contribution in [2.24, 2.45) is 0 Å². The van der Waals surface area contributed by atoms with Crippen LogP contribution in [-0.2, 0) is 4.79 Å². The van der Waals surface area contributed by atoms with Gasteiger partial charge >= 0.3 is 0 Å². The maximum absolute atomic E-state index is 11.3. The fraction of sp³-hybridized carbons (Fsp3) is 0.0588. The van der Waals surface area contributed by atoms with E-state index in [1.165, 1.54) is 6.08 Å². The van der Waals surface area contributed by atoms with E-state index in [9.17, 15) is 4.79 Å². The minimum absolute atomic E-state index is 0.0469. The van der Waals surface area contributed by atoms with Gasteiger partial charge in [-0.25, -0.2) is 4.98 Å². The molecule has 0 bridgehead atoms. The number of rotatable bonds is 4. The van der Waals surface area contributed by atoms with Crippen molar-refractivity contribution in [2.75, 3.05) is 17.6 Å². The van der Waals surface area contributed by atoms with Gasteiger partial charge in [0, 0.05) is 22.1 Å². The average molecular weight is 277 g/mol. The van der Waals surface area contributed by atoms with Gasteiger partial charge < -0.3 is 11.1 Å². The predicted molar refractivity (Wildman–Crippen MR) is 87.4 cm³/mol. The summed E-state index contributed by atoms with van der Waals surface area (Å²) in [7, 11) is 0. The van der Waals surface area contributed by atoms with E-state index in [2.05, 4.69) is 22.9 Å². The third kappa shape index (κ3) is 2.69. The molecule has 4 heteroatoms. The Kier molecular flexibility index (Phi) is 3.28. The van der Waals surface area contributed by atoms with E-state index >= 15 is 0 Å². The first-order valence-corrected chi connectivity index (χ1v) is 6.65. The highest BCUT2D eigenvalue weighted by molar-refractivity contribution is 5.96. The molecule has 3 N–H and O–H groups in total. The fourth-order valence-corrected chi connectivity index (χ4v) is 2.21. The number of hydrogen-bond acceptors (Lipinski definition) is 4. The second kappa shape index (κ2) is 5.25. The molecule has 0 amide bonds. The van der Waals surface area contributed by atoms with Crippen LogP contribution in [0.4, 0.5) is 11.4 Å². The summed E-state index contributed by atoms with van der Waals surface area (Å²) < 4.78 is 0. The van der Waals surface area contributed by atoms with Gasteiger partial charge in [-0.1, -0.05) is 18.7 Å². The molecule has 4 nitrogen and oxygen atoms in total. The van der Waals surface area contributed by atoms with Crippen molar-refractivity contribution in [2.45, 2.75) is 0 Å². The quantitative estimate of drug-likeness (QED) is 0.437. The number of hydrogen-bond donors (Lipinski definition) is 2. The van der Waals surface area contributed by atoms with Gasteiger partial charge in [-0.05, 0) is 36.4 Å². The van der Waals surface area contributed by atoms with Crippen molar-refractivity contribution in [3.63, 3.8) is 0 Å². The zero-order valence-electron chi connectivity index (χ0n) is 11.5. The molecule has 1 heterocycles. The van der Waals surface area contributed by atoms with Gasteiger partial charge in [0.15, 0.2) is 5.78 Å². The number of aromatic nitrogens is 1. The van der Waals surface area contributed by atoms with E-state index in [1.807, 2.05) is 36.4 Å². The Morgan fingerprint density at radius 2 is 1.86 bits per heavy atom. The summed E-state index contributed by atoms with van der Waals surface area (Å²) in [6.45, 7) is 3.68.